The summed E-state index contributed by atoms with van der Waals surface area (Å²) in [5, 5.41) is 0. The van der Waals surface area contributed by atoms with Gasteiger partial charge in [0.1, 0.15) is 0 Å². The van der Waals surface area contributed by atoms with Crippen molar-refractivity contribution in [3.63, 3.8) is 0 Å². The van der Waals surface area contributed by atoms with E-state index in [-0.39, 0.29) is 0 Å². The van der Waals surface area contributed by atoms with Gasteiger partial charge in [0.25, 0.3) is 0 Å². The average molecular weight is 232 g/mol. The zero-order chi connectivity index (χ0) is 12.3. The summed E-state index contributed by atoms with van der Waals surface area (Å²) in [5.74, 6) is 0.778. The number of rotatable bonds is 3. The summed E-state index contributed by atoms with van der Waals surface area (Å²) in [4.78, 5) is 5.08. The van der Waals surface area contributed by atoms with Crippen LogP contribution in [0.1, 0.15) is 19.4 Å². The van der Waals surface area contributed by atoms with E-state index in [1.807, 2.05) is 0 Å². The van der Waals surface area contributed by atoms with Crippen LogP contribution in [0.2, 0.25) is 0 Å². The Labute approximate surface area is 105 Å². The van der Waals surface area contributed by atoms with Crippen LogP contribution >= 0.6 is 0 Å². The van der Waals surface area contributed by atoms with Gasteiger partial charge in [-0.05, 0) is 30.5 Å². The van der Waals surface area contributed by atoms with Crippen LogP contribution in [-0.4, -0.2) is 37.6 Å². The molecule has 0 N–H and O–H groups in total. The lowest BCUT2D eigenvalue weighted by atomic mass is 10.1. The minimum Gasteiger partial charge on any atom is -0.369 e. The van der Waals surface area contributed by atoms with Gasteiger partial charge in [-0.1, -0.05) is 26.0 Å². The molecule has 94 valence electrons. The van der Waals surface area contributed by atoms with Crippen molar-refractivity contribution in [1.29, 1.82) is 0 Å². The second kappa shape index (κ2) is 5.54. The highest BCUT2D eigenvalue weighted by Gasteiger charge is 2.17. The number of piperazine rings is 1. The van der Waals surface area contributed by atoms with Gasteiger partial charge in [-0.3, -0.25) is 4.90 Å². The first-order valence-corrected chi connectivity index (χ1v) is 6.69. The molecule has 0 spiro atoms. The Morgan fingerprint density at radius 2 is 1.82 bits per heavy atom. The van der Waals surface area contributed by atoms with Gasteiger partial charge in [0.15, 0.2) is 0 Å². The normalized spacial score (nSPS) is 17.8. The molecule has 2 rings (SSSR count). The van der Waals surface area contributed by atoms with E-state index in [0.29, 0.717) is 0 Å². The zero-order valence-electron chi connectivity index (χ0n) is 11.3. The van der Waals surface area contributed by atoms with Gasteiger partial charge in [-0.2, -0.15) is 0 Å². The van der Waals surface area contributed by atoms with Crippen LogP contribution in [0.5, 0.6) is 0 Å². The topological polar surface area (TPSA) is 6.48 Å². The Kier molecular flexibility index (Phi) is 4.06. The van der Waals surface area contributed by atoms with Crippen molar-refractivity contribution in [1.82, 2.24) is 4.90 Å². The number of benzene rings is 1. The summed E-state index contributed by atoms with van der Waals surface area (Å²) in [5.41, 5.74) is 2.74. The summed E-state index contributed by atoms with van der Waals surface area (Å²) < 4.78 is 0. The number of anilines is 1. The molecule has 2 heteroatoms. The van der Waals surface area contributed by atoms with Gasteiger partial charge in [0, 0.05) is 38.4 Å². The highest BCUT2D eigenvalue weighted by atomic mass is 15.3. The fourth-order valence-electron chi connectivity index (χ4n) is 2.53. The van der Waals surface area contributed by atoms with Crippen LogP contribution in [0.4, 0.5) is 5.69 Å². The fraction of sp³-hybridized carbons (Fsp3) is 0.600. The van der Waals surface area contributed by atoms with Crippen molar-refractivity contribution in [2.24, 2.45) is 5.92 Å². The van der Waals surface area contributed by atoms with Crippen LogP contribution < -0.4 is 4.90 Å². The molecule has 1 aromatic carbocycles. The van der Waals surface area contributed by atoms with Crippen molar-refractivity contribution in [2.75, 3.05) is 37.6 Å². The van der Waals surface area contributed by atoms with Gasteiger partial charge in [0.2, 0.25) is 0 Å². The molecule has 1 fully saturated rings. The first-order valence-electron chi connectivity index (χ1n) is 6.69. The van der Waals surface area contributed by atoms with Gasteiger partial charge >= 0.3 is 0 Å². The molecule has 0 atom stereocenters. The predicted molar refractivity (Wildman–Crippen MR) is 74.7 cm³/mol. The quantitative estimate of drug-likeness (QED) is 0.790. The molecule has 0 amide bonds. The third-order valence-corrected chi connectivity index (χ3v) is 3.36. The van der Waals surface area contributed by atoms with E-state index >= 15 is 0 Å². The zero-order valence-corrected chi connectivity index (χ0v) is 11.3. The monoisotopic (exact) mass is 232 g/mol. The molecule has 0 radical (unpaired) electrons. The van der Waals surface area contributed by atoms with Crippen LogP contribution in [0, 0.1) is 12.8 Å². The van der Waals surface area contributed by atoms with E-state index in [9.17, 15) is 0 Å². The fourth-order valence-corrected chi connectivity index (χ4v) is 2.53. The lowest BCUT2D eigenvalue weighted by Gasteiger charge is -2.37. The Morgan fingerprint density at radius 1 is 1.12 bits per heavy atom. The SMILES string of the molecule is Cc1cccc(N2CCN(CC(C)C)CC2)c1. The lowest BCUT2D eigenvalue weighted by molar-refractivity contribution is 0.231. The largest absolute Gasteiger partial charge is 0.369 e. The molecular weight excluding hydrogens is 208 g/mol. The number of nitrogens with zero attached hydrogens (tertiary/aromatic N) is 2. The third kappa shape index (κ3) is 3.47. The average Bonchev–Trinajstić information content (AvgIpc) is 2.29. The van der Waals surface area contributed by atoms with Gasteiger partial charge in [0.05, 0.1) is 0 Å². The molecule has 0 aliphatic carbocycles. The van der Waals surface area contributed by atoms with E-state index in [1.165, 1.54) is 30.9 Å². The first-order chi connectivity index (χ1) is 8.15. The molecule has 0 aromatic heterocycles. The van der Waals surface area contributed by atoms with E-state index in [4.69, 9.17) is 0 Å². The van der Waals surface area contributed by atoms with Crippen LogP contribution in [0.15, 0.2) is 24.3 Å². The molecule has 2 nitrogen and oxygen atoms in total. The Hall–Kier alpha value is -1.02. The maximum absolute atomic E-state index is 2.58. The summed E-state index contributed by atoms with van der Waals surface area (Å²) in [7, 11) is 0. The summed E-state index contributed by atoms with van der Waals surface area (Å²) in [6, 6.07) is 8.84. The number of aryl methyl sites for hydroxylation is 1. The Morgan fingerprint density at radius 3 is 2.41 bits per heavy atom. The maximum Gasteiger partial charge on any atom is 0.0369 e. The molecule has 0 saturated carbocycles. The van der Waals surface area contributed by atoms with Gasteiger partial charge in [-0.25, -0.2) is 0 Å². The number of hydrogen-bond donors (Lipinski definition) is 0. The maximum atomic E-state index is 2.58. The molecule has 1 saturated heterocycles. The molecule has 1 aliphatic heterocycles. The minimum atomic E-state index is 0.778. The van der Waals surface area contributed by atoms with Crippen LogP contribution in [-0.2, 0) is 0 Å². The van der Waals surface area contributed by atoms with Crippen LogP contribution in [0.25, 0.3) is 0 Å². The summed E-state index contributed by atoms with van der Waals surface area (Å²) >= 11 is 0. The van der Waals surface area contributed by atoms with Crippen molar-refractivity contribution in [2.45, 2.75) is 20.8 Å². The summed E-state index contributed by atoms with van der Waals surface area (Å²) in [6.45, 7) is 12.7. The van der Waals surface area contributed by atoms with E-state index in [1.54, 1.807) is 0 Å². The van der Waals surface area contributed by atoms with E-state index in [2.05, 4.69) is 54.8 Å². The summed E-state index contributed by atoms with van der Waals surface area (Å²) in [6.07, 6.45) is 0. The molecular formula is C15H24N2. The van der Waals surface area contributed by atoms with Gasteiger partial charge in [-0.15, -0.1) is 0 Å². The molecule has 1 heterocycles. The molecule has 1 aromatic rings. The second-order valence-corrected chi connectivity index (χ2v) is 5.52. The van der Waals surface area contributed by atoms with Crippen molar-refractivity contribution < 1.29 is 0 Å². The van der Waals surface area contributed by atoms with Crippen molar-refractivity contribution in [3.8, 4) is 0 Å². The van der Waals surface area contributed by atoms with Crippen molar-refractivity contribution >= 4 is 5.69 Å². The molecule has 0 bridgehead atoms. The van der Waals surface area contributed by atoms with Crippen LogP contribution in [0.3, 0.4) is 0 Å². The lowest BCUT2D eigenvalue weighted by Crippen LogP contribution is -2.47. The standard InChI is InChI=1S/C15H24N2/c1-13(2)12-16-7-9-17(10-8-16)15-6-4-5-14(3)11-15/h4-6,11,13H,7-10,12H2,1-3H3. The van der Waals surface area contributed by atoms with Gasteiger partial charge < -0.3 is 4.90 Å². The Bertz CT molecular complexity index is 352. The third-order valence-electron chi connectivity index (χ3n) is 3.36. The molecule has 17 heavy (non-hydrogen) atoms. The first kappa shape index (κ1) is 12.4. The molecule has 1 aliphatic rings. The minimum absolute atomic E-state index is 0.778. The predicted octanol–water partition coefficient (Wildman–Crippen LogP) is 2.77. The second-order valence-electron chi connectivity index (χ2n) is 5.52. The highest BCUT2D eigenvalue weighted by Crippen LogP contribution is 2.18. The smallest absolute Gasteiger partial charge is 0.0369 e. The van der Waals surface area contributed by atoms with E-state index < -0.39 is 0 Å². The van der Waals surface area contributed by atoms with E-state index in [0.717, 1.165) is 19.0 Å². The van der Waals surface area contributed by atoms with Crippen molar-refractivity contribution in [3.05, 3.63) is 29.8 Å². The Balaban J connectivity index is 1.91. The molecule has 0 unspecified atom stereocenters. The highest BCUT2D eigenvalue weighted by molar-refractivity contribution is 5.48. The number of hydrogen-bond acceptors (Lipinski definition) is 2.